The van der Waals surface area contributed by atoms with Crippen LogP contribution in [0.4, 0.5) is 0 Å². The number of esters is 1. The van der Waals surface area contributed by atoms with E-state index in [2.05, 4.69) is 22.6 Å². The first-order chi connectivity index (χ1) is 7.13. The van der Waals surface area contributed by atoms with Crippen molar-refractivity contribution in [2.24, 2.45) is 0 Å². The van der Waals surface area contributed by atoms with E-state index in [4.69, 9.17) is 16.3 Å². The molecule has 0 saturated carbocycles. The van der Waals surface area contributed by atoms with Crippen molar-refractivity contribution in [3.8, 4) is 0 Å². The maximum Gasteiger partial charge on any atom is 0.303 e. The molecule has 0 aliphatic rings. The van der Waals surface area contributed by atoms with E-state index >= 15 is 0 Å². The van der Waals surface area contributed by atoms with Gasteiger partial charge in [-0.25, -0.2) is 0 Å². The molecule has 0 heterocycles. The van der Waals surface area contributed by atoms with Gasteiger partial charge in [-0.1, -0.05) is 12.1 Å². The molecule has 0 unspecified atom stereocenters. The summed E-state index contributed by atoms with van der Waals surface area (Å²) in [6.45, 7) is 1.41. The topological polar surface area (TPSA) is 26.3 Å². The predicted octanol–water partition coefficient (Wildman–Crippen LogP) is 3.52. The highest BCUT2D eigenvalue weighted by Gasteiger charge is 2.13. The van der Waals surface area contributed by atoms with Crippen molar-refractivity contribution in [1.29, 1.82) is 0 Å². The van der Waals surface area contributed by atoms with Gasteiger partial charge in [0, 0.05) is 22.8 Å². The molecule has 0 amide bonds. The Morgan fingerprint density at radius 2 is 2.07 bits per heavy atom. The molecule has 0 radical (unpaired) electrons. The summed E-state index contributed by atoms with van der Waals surface area (Å²) in [5.41, 5.74) is 0.992. The highest BCUT2D eigenvalue weighted by Crippen LogP contribution is 2.22. The minimum Gasteiger partial charge on any atom is -0.458 e. The molecule has 0 aliphatic heterocycles. The minimum atomic E-state index is -0.274. The zero-order valence-electron chi connectivity index (χ0n) is 8.37. The van der Waals surface area contributed by atoms with Gasteiger partial charge in [0.25, 0.3) is 0 Å². The lowest BCUT2D eigenvalue weighted by atomic mass is 10.1. The molecule has 1 aromatic rings. The van der Waals surface area contributed by atoms with Crippen LogP contribution in [-0.2, 0) is 9.53 Å². The number of ether oxygens (including phenoxy) is 1. The van der Waals surface area contributed by atoms with Gasteiger partial charge in [-0.15, -0.1) is 11.6 Å². The second-order valence-corrected chi connectivity index (χ2v) is 4.75. The molecule has 2 nitrogen and oxygen atoms in total. The first-order valence-corrected chi connectivity index (χ1v) is 6.23. The molecule has 0 aliphatic carbocycles. The third kappa shape index (κ3) is 4.38. The maximum atomic E-state index is 10.9. The van der Waals surface area contributed by atoms with Gasteiger partial charge in [-0.3, -0.25) is 4.79 Å². The summed E-state index contributed by atoms with van der Waals surface area (Å²) < 4.78 is 6.35. The number of hydrogen-bond acceptors (Lipinski definition) is 2. The lowest BCUT2D eigenvalue weighted by Crippen LogP contribution is -2.09. The summed E-state index contributed by atoms with van der Waals surface area (Å²) in [5.74, 6) is 0.202. The van der Waals surface area contributed by atoms with E-state index in [0.29, 0.717) is 12.3 Å². The van der Waals surface area contributed by atoms with Crippen molar-refractivity contribution in [3.63, 3.8) is 0 Å². The van der Waals surface area contributed by atoms with Crippen LogP contribution in [0.1, 0.15) is 25.0 Å². The van der Waals surface area contributed by atoms with Crippen LogP contribution >= 0.6 is 34.2 Å². The van der Waals surface area contributed by atoms with Crippen LogP contribution < -0.4 is 0 Å². The fraction of sp³-hybridized carbons (Fsp3) is 0.364. The molecule has 15 heavy (non-hydrogen) atoms. The molecule has 0 aromatic heterocycles. The largest absolute Gasteiger partial charge is 0.458 e. The zero-order valence-corrected chi connectivity index (χ0v) is 11.3. The Morgan fingerprint density at radius 1 is 1.47 bits per heavy atom. The Morgan fingerprint density at radius 3 is 2.53 bits per heavy atom. The van der Waals surface area contributed by atoms with Crippen molar-refractivity contribution in [2.45, 2.75) is 19.4 Å². The van der Waals surface area contributed by atoms with E-state index in [1.807, 2.05) is 24.3 Å². The number of alkyl halides is 1. The van der Waals surface area contributed by atoms with Crippen molar-refractivity contribution < 1.29 is 9.53 Å². The summed E-state index contributed by atoms with van der Waals surface area (Å²) in [7, 11) is 0. The minimum absolute atomic E-state index is 0.225. The summed E-state index contributed by atoms with van der Waals surface area (Å²) >= 11 is 7.90. The van der Waals surface area contributed by atoms with Crippen LogP contribution in [0.25, 0.3) is 0 Å². The third-order valence-electron chi connectivity index (χ3n) is 1.92. The van der Waals surface area contributed by atoms with E-state index in [1.54, 1.807) is 0 Å². The van der Waals surface area contributed by atoms with Crippen molar-refractivity contribution in [2.75, 3.05) is 5.88 Å². The molecule has 82 valence electrons. The van der Waals surface area contributed by atoms with E-state index in [0.717, 1.165) is 9.13 Å². The number of hydrogen-bond donors (Lipinski definition) is 0. The lowest BCUT2D eigenvalue weighted by molar-refractivity contribution is -0.146. The van der Waals surface area contributed by atoms with Crippen molar-refractivity contribution in [1.82, 2.24) is 0 Å². The molecule has 1 aromatic carbocycles. The SMILES string of the molecule is CC(=O)O[C@H](CCCl)c1ccc(I)cc1. The van der Waals surface area contributed by atoms with Gasteiger partial charge in [0.2, 0.25) is 0 Å². The fourth-order valence-corrected chi connectivity index (χ4v) is 1.83. The average Bonchev–Trinajstić information content (AvgIpc) is 2.17. The van der Waals surface area contributed by atoms with Crippen LogP contribution in [0, 0.1) is 3.57 Å². The Balaban J connectivity index is 2.78. The molecule has 0 spiro atoms. The molecule has 0 N–H and O–H groups in total. The normalized spacial score (nSPS) is 12.2. The van der Waals surface area contributed by atoms with Crippen LogP contribution in [-0.4, -0.2) is 11.8 Å². The number of carbonyl (C=O) groups is 1. The van der Waals surface area contributed by atoms with Gasteiger partial charge in [-0.05, 0) is 40.3 Å². The van der Waals surface area contributed by atoms with Gasteiger partial charge in [0.15, 0.2) is 0 Å². The molecule has 1 rings (SSSR count). The number of halogens is 2. The summed E-state index contributed by atoms with van der Waals surface area (Å²) in [6.07, 6.45) is 0.416. The van der Waals surface area contributed by atoms with Gasteiger partial charge in [-0.2, -0.15) is 0 Å². The standard InChI is InChI=1S/C11H12ClIO2/c1-8(14)15-11(6-7-12)9-2-4-10(13)5-3-9/h2-5,11H,6-7H2,1H3/t11-/m1/s1. The fourth-order valence-electron chi connectivity index (χ4n) is 1.27. The Kier molecular flexibility index (Phi) is 5.39. The molecular weight excluding hydrogens is 326 g/mol. The summed E-state index contributed by atoms with van der Waals surface area (Å²) in [4.78, 5) is 10.9. The molecule has 1 atom stereocenters. The van der Waals surface area contributed by atoms with E-state index in [9.17, 15) is 4.79 Å². The van der Waals surface area contributed by atoms with Gasteiger partial charge < -0.3 is 4.74 Å². The first-order valence-electron chi connectivity index (χ1n) is 4.62. The van der Waals surface area contributed by atoms with Gasteiger partial charge in [0.05, 0.1) is 0 Å². The van der Waals surface area contributed by atoms with Crippen LogP contribution in [0.5, 0.6) is 0 Å². The van der Waals surface area contributed by atoms with Crippen molar-refractivity contribution in [3.05, 3.63) is 33.4 Å². The third-order valence-corrected chi connectivity index (χ3v) is 2.86. The second kappa shape index (κ2) is 6.33. The molecule has 0 saturated heterocycles. The molecule has 0 bridgehead atoms. The molecule has 4 heteroatoms. The number of carbonyl (C=O) groups excluding carboxylic acids is 1. The highest BCUT2D eigenvalue weighted by molar-refractivity contribution is 14.1. The average molecular weight is 339 g/mol. The zero-order chi connectivity index (χ0) is 11.3. The predicted molar refractivity (Wildman–Crippen MR) is 69.0 cm³/mol. The Hall–Kier alpha value is -0.290. The second-order valence-electron chi connectivity index (χ2n) is 3.13. The lowest BCUT2D eigenvalue weighted by Gasteiger charge is -2.16. The van der Waals surface area contributed by atoms with Crippen LogP contribution in [0.15, 0.2) is 24.3 Å². The van der Waals surface area contributed by atoms with Crippen LogP contribution in [0.2, 0.25) is 0 Å². The van der Waals surface area contributed by atoms with E-state index < -0.39 is 0 Å². The number of rotatable bonds is 4. The Labute approximate surface area is 108 Å². The molecular formula is C11H12ClIO2. The van der Waals surface area contributed by atoms with Gasteiger partial charge in [0.1, 0.15) is 6.10 Å². The smallest absolute Gasteiger partial charge is 0.303 e. The van der Waals surface area contributed by atoms with Gasteiger partial charge >= 0.3 is 5.97 Å². The summed E-state index contributed by atoms with van der Waals surface area (Å²) in [5, 5.41) is 0. The number of benzene rings is 1. The Bertz CT molecular complexity index is 324. The maximum absolute atomic E-state index is 10.9. The van der Waals surface area contributed by atoms with E-state index in [1.165, 1.54) is 6.92 Å². The first kappa shape index (κ1) is 12.8. The van der Waals surface area contributed by atoms with Crippen LogP contribution in [0.3, 0.4) is 0 Å². The van der Waals surface area contributed by atoms with Crippen molar-refractivity contribution >= 4 is 40.2 Å². The quantitative estimate of drug-likeness (QED) is 0.477. The summed E-state index contributed by atoms with van der Waals surface area (Å²) in [6, 6.07) is 7.89. The monoisotopic (exact) mass is 338 g/mol. The molecule has 0 fully saturated rings. The van der Waals surface area contributed by atoms with E-state index in [-0.39, 0.29) is 12.1 Å². The highest BCUT2D eigenvalue weighted by atomic mass is 127.